The lowest BCUT2D eigenvalue weighted by Gasteiger charge is -2.22. The van der Waals surface area contributed by atoms with E-state index in [1.54, 1.807) is 0 Å². The van der Waals surface area contributed by atoms with Crippen LogP contribution in [0.2, 0.25) is 0 Å². The van der Waals surface area contributed by atoms with Gasteiger partial charge < -0.3 is 10.2 Å². The van der Waals surface area contributed by atoms with Crippen LogP contribution in [0.15, 0.2) is 12.1 Å². The Hall–Kier alpha value is -1.59. The lowest BCUT2D eigenvalue weighted by molar-refractivity contribution is -0.176. The Morgan fingerprint density at radius 2 is 1.74 bits per heavy atom. The van der Waals surface area contributed by atoms with Crippen LogP contribution in [0.5, 0.6) is 5.75 Å². The van der Waals surface area contributed by atoms with E-state index in [0.717, 1.165) is 16.7 Å². The Morgan fingerprint density at radius 1 is 1.21 bits per heavy atom. The molecule has 5 nitrogen and oxygen atoms in total. The lowest BCUT2D eigenvalue weighted by atomic mass is 9.83. The highest BCUT2D eigenvalue weighted by Crippen LogP contribution is 2.34. The number of hydrogen-bond acceptors (Lipinski definition) is 4. The summed E-state index contributed by atoms with van der Waals surface area (Å²) in [5, 5.41) is 30.7. The molecule has 19 heavy (non-hydrogen) atoms. The maximum absolute atomic E-state index is 10.6. The molecule has 5 heteroatoms. The molecular weight excluding hydrogens is 248 g/mol. The van der Waals surface area contributed by atoms with Crippen molar-refractivity contribution in [1.82, 2.24) is 0 Å². The Labute approximate surface area is 113 Å². The first-order valence-electron chi connectivity index (χ1n) is 5.96. The van der Waals surface area contributed by atoms with Gasteiger partial charge in [-0.2, -0.15) is 0 Å². The number of aliphatic carboxylic acids is 1. The van der Waals surface area contributed by atoms with Gasteiger partial charge in [-0.3, -0.25) is 15.3 Å². The van der Waals surface area contributed by atoms with E-state index in [-0.39, 0.29) is 11.8 Å². The monoisotopic (exact) mass is 270 g/mol. The second-order valence-electron chi connectivity index (χ2n) is 5.45. The van der Waals surface area contributed by atoms with Gasteiger partial charge in [0.2, 0.25) is 0 Å². The molecule has 0 saturated carbocycles. The molecule has 0 aliphatic carbocycles. The average molecular weight is 270 g/mol. The van der Waals surface area contributed by atoms with Crippen molar-refractivity contribution in [3.8, 4) is 5.75 Å². The van der Waals surface area contributed by atoms with E-state index in [1.165, 1.54) is 0 Å². The van der Waals surface area contributed by atoms with E-state index in [2.05, 4.69) is 0 Å². The number of phenols is 1. The van der Waals surface area contributed by atoms with Gasteiger partial charge in [-0.15, -0.1) is 0 Å². The zero-order valence-corrected chi connectivity index (χ0v) is 11.8. The highest BCUT2D eigenvalue weighted by atomic mass is 17.0. The fraction of sp³-hybridized carbons (Fsp3) is 0.500. The number of aromatic hydroxyl groups is 1. The van der Waals surface area contributed by atoms with Gasteiger partial charge in [0.05, 0.1) is 0 Å². The first-order chi connectivity index (χ1) is 8.71. The van der Waals surface area contributed by atoms with Crippen LogP contribution in [0, 0.1) is 6.92 Å². The van der Waals surface area contributed by atoms with Crippen molar-refractivity contribution in [3.05, 3.63) is 28.8 Å². The van der Waals surface area contributed by atoms with Crippen molar-refractivity contribution in [3.63, 3.8) is 0 Å². The molecule has 0 saturated heterocycles. The maximum Gasteiger partial charge on any atom is 0.303 e. The summed E-state index contributed by atoms with van der Waals surface area (Å²) in [7, 11) is 0. The predicted molar refractivity (Wildman–Crippen MR) is 72.8 cm³/mol. The lowest BCUT2D eigenvalue weighted by Crippen LogP contribution is -2.12. The summed E-state index contributed by atoms with van der Waals surface area (Å²) in [6, 6.07) is 3.76. The SMILES string of the molecule is Cc1cc(CCC(=O)O)cc(C(C)(C)C)c1O.OO. The van der Waals surface area contributed by atoms with Crippen LogP contribution in [-0.4, -0.2) is 26.7 Å². The van der Waals surface area contributed by atoms with Gasteiger partial charge in [0.15, 0.2) is 0 Å². The molecule has 0 unspecified atom stereocenters. The van der Waals surface area contributed by atoms with Gasteiger partial charge in [-0.05, 0) is 35.4 Å². The zero-order valence-electron chi connectivity index (χ0n) is 11.8. The minimum absolute atomic E-state index is 0.119. The molecule has 0 bridgehead atoms. The van der Waals surface area contributed by atoms with Crippen molar-refractivity contribution >= 4 is 5.97 Å². The Bertz CT molecular complexity index is 432. The summed E-state index contributed by atoms with van der Waals surface area (Å²) in [5.41, 5.74) is 2.50. The van der Waals surface area contributed by atoms with E-state index in [4.69, 9.17) is 15.6 Å². The molecular formula is C14H22O5. The molecule has 4 N–H and O–H groups in total. The summed E-state index contributed by atoms with van der Waals surface area (Å²) in [5.74, 6) is -0.482. The van der Waals surface area contributed by atoms with Crippen molar-refractivity contribution in [2.75, 3.05) is 0 Å². The van der Waals surface area contributed by atoms with Gasteiger partial charge >= 0.3 is 5.97 Å². The molecule has 0 aliphatic rings. The van der Waals surface area contributed by atoms with E-state index in [1.807, 2.05) is 39.8 Å². The van der Waals surface area contributed by atoms with Crippen LogP contribution >= 0.6 is 0 Å². The molecule has 0 radical (unpaired) electrons. The number of rotatable bonds is 3. The van der Waals surface area contributed by atoms with Gasteiger partial charge in [0.25, 0.3) is 0 Å². The van der Waals surface area contributed by atoms with E-state index in [0.29, 0.717) is 12.2 Å². The van der Waals surface area contributed by atoms with Crippen molar-refractivity contribution in [2.45, 2.75) is 46.0 Å². The number of carbonyl (C=O) groups is 1. The zero-order chi connectivity index (χ0) is 15.2. The highest BCUT2D eigenvalue weighted by molar-refractivity contribution is 5.67. The number of carboxylic acids is 1. The summed E-state index contributed by atoms with van der Waals surface area (Å²) in [6.07, 6.45) is 0.618. The Kier molecular flexibility index (Phi) is 6.52. The number of phenolic OH excluding ortho intramolecular Hbond substituents is 1. The largest absolute Gasteiger partial charge is 0.507 e. The van der Waals surface area contributed by atoms with Gasteiger partial charge in [0.1, 0.15) is 5.75 Å². The second kappa shape index (κ2) is 7.11. The molecule has 0 fully saturated rings. The highest BCUT2D eigenvalue weighted by Gasteiger charge is 2.20. The molecule has 0 spiro atoms. The summed E-state index contributed by atoms with van der Waals surface area (Å²) in [4.78, 5) is 10.6. The van der Waals surface area contributed by atoms with Gasteiger partial charge in [-0.25, -0.2) is 0 Å². The van der Waals surface area contributed by atoms with E-state index in [9.17, 15) is 9.90 Å². The third-order valence-electron chi connectivity index (χ3n) is 2.80. The quantitative estimate of drug-likeness (QED) is 0.500. The Balaban J connectivity index is 0.00000154. The maximum atomic E-state index is 10.6. The fourth-order valence-corrected chi connectivity index (χ4v) is 1.82. The molecule has 1 rings (SSSR count). The third-order valence-corrected chi connectivity index (χ3v) is 2.80. The van der Waals surface area contributed by atoms with Crippen LogP contribution < -0.4 is 0 Å². The fourth-order valence-electron chi connectivity index (χ4n) is 1.82. The normalized spacial score (nSPS) is 10.6. The van der Waals surface area contributed by atoms with E-state index >= 15 is 0 Å². The van der Waals surface area contributed by atoms with Gasteiger partial charge in [-0.1, -0.05) is 32.9 Å². The van der Waals surface area contributed by atoms with E-state index < -0.39 is 5.97 Å². The van der Waals surface area contributed by atoms with Crippen molar-refractivity contribution in [1.29, 1.82) is 0 Å². The molecule has 108 valence electrons. The van der Waals surface area contributed by atoms with Crippen LogP contribution in [-0.2, 0) is 16.6 Å². The molecule has 0 heterocycles. The first-order valence-corrected chi connectivity index (χ1v) is 5.96. The summed E-state index contributed by atoms with van der Waals surface area (Å²) in [6.45, 7) is 7.93. The molecule has 0 amide bonds. The topological polar surface area (TPSA) is 98.0 Å². The minimum Gasteiger partial charge on any atom is -0.507 e. The van der Waals surface area contributed by atoms with Crippen LogP contribution in [0.25, 0.3) is 0 Å². The van der Waals surface area contributed by atoms with Crippen LogP contribution in [0.4, 0.5) is 0 Å². The molecule has 0 atom stereocenters. The van der Waals surface area contributed by atoms with Crippen molar-refractivity contribution in [2.24, 2.45) is 0 Å². The van der Waals surface area contributed by atoms with Gasteiger partial charge in [0, 0.05) is 6.42 Å². The molecule has 1 aromatic carbocycles. The molecule has 1 aromatic rings. The standard InChI is InChI=1S/C14H20O3.H2O2/c1-9-7-10(5-6-12(15)16)8-11(13(9)17)14(2,3)4;1-2/h7-8,17H,5-6H2,1-4H3,(H,15,16);1-2H. The Morgan fingerprint density at radius 3 is 2.16 bits per heavy atom. The van der Waals surface area contributed by atoms with Crippen LogP contribution in [0.1, 0.15) is 43.9 Å². The molecule has 0 aliphatic heterocycles. The smallest absolute Gasteiger partial charge is 0.303 e. The first kappa shape index (κ1) is 17.4. The minimum atomic E-state index is -0.798. The average Bonchev–Trinajstić information content (AvgIpc) is 2.31. The summed E-state index contributed by atoms with van der Waals surface area (Å²) < 4.78 is 0. The number of benzene rings is 1. The van der Waals surface area contributed by atoms with Crippen LogP contribution in [0.3, 0.4) is 0 Å². The number of aryl methyl sites for hydroxylation is 2. The third kappa shape index (κ3) is 5.28. The predicted octanol–water partition coefficient (Wildman–Crippen LogP) is 3.03. The number of carboxylic acid groups (broad SMARTS) is 1. The molecule has 0 aromatic heterocycles. The second-order valence-corrected chi connectivity index (χ2v) is 5.45. The number of hydrogen-bond donors (Lipinski definition) is 4. The van der Waals surface area contributed by atoms with Crippen molar-refractivity contribution < 1.29 is 25.5 Å². The summed E-state index contributed by atoms with van der Waals surface area (Å²) >= 11 is 0.